The average molecular weight is 135 g/mol. The smallest absolute Gasteiger partial charge is 0.0492 e. The Kier molecular flexibility index (Phi) is 1.22. The molecular weight excluding hydrogens is 126 g/mol. The second-order valence-electron chi connectivity index (χ2n) is 2.64. The summed E-state index contributed by atoms with van der Waals surface area (Å²) in [5.41, 5.74) is 2.37. The molecule has 1 aromatic carbocycles. The molecule has 0 saturated heterocycles. The van der Waals surface area contributed by atoms with Crippen LogP contribution in [0.15, 0.2) is 24.3 Å². The Balaban J connectivity index is 2.43. The van der Waals surface area contributed by atoms with Crippen molar-refractivity contribution in [1.29, 1.82) is 0 Å². The Morgan fingerprint density at radius 3 is 2.40 bits per heavy atom. The predicted molar refractivity (Wildman–Crippen MR) is 37.5 cm³/mol. The van der Waals surface area contributed by atoms with Crippen molar-refractivity contribution in [3.63, 3.8) is 0 Å². The summed E-state index contributed by atoms with van der Waals surface area (Å²) in [6.45, 7) is 1.32. The van der Waals surface area contributed by atoms with E-state index in [1.807, 2.05) is 18.2 Å². The minimum atomic E-state index is 0.661. The van der Waals surface area contributed by atoms with Crippen LogP contribution >= 0.6 is 0 Å². The average Bonchev–Trinajstić information content (AvgIpc) is 1.85. The standard InChI is InChI=1S/C8H9NO/c10-9-5-7-2-1-3-8(4-7)6-9/h1-4,10H,5-6H2. The van der Waals surface area contributed by atoms with Gasteiger partial charge in [-0.25, -0.2) is 0 Å². The summed E-state index contributed by atoms with van der Waals surface area (Å²) in [6.07, 6.45) is 0. The molecule has 0 aromatic heterocycles. The number of benzene rings is 1. The Bertz CT molecular complexity index is 226. The summed E-state index contributed by atoms with van der Waals surface area (Å²) in [5.74, 6) is 0. The van der Waals surface area contributed by atoms with Gasteiger partial charge in [0.2, 0.25) is 0 Å². The van der Waals surface area contributed by atoms with Gasteiger partial charge in [-0.2, -0.15) is 5.06 Å². The van der Waals surface area contributed by atoms with Gasteiger partial charge in [0.1, 0.15) is 0 Å². The Labute approximate surface area is 59.7 Å². The topological polar surface area (TPSA) is 23.5 Å². The summed E-state index contributed by atoms with van der Waals surface area (Å²) in [5, 5.41) is 10.5. The maximum atomic E-state index is 9.13. The van der Waals surface area contributed by atoms with Gasteiger partial charge in [0, 0.05) is 13.1 Å². The maximum absolute atomic E-state index is 9.13. The fourth-order valence-corrected chi connectivity index (χ4v) is 1.30. The van der Waals surface area contributed by atoms with Crippen LogP contribution in [0.5, 0.6) is 0 Å². The van der Waals surface area contributed by atoms with Crippen LogP contribution in [0.1, 0.15) is 11.1 Å². The minimum Gasteiger partial charge on any atom is -0.313 e. The van der Waals surface area contributed by atoms with Gasteiger partial charge in [-0.05, 0) is 11.1 Å². The minimum absolute atomic E-state index is 0.661. The van der Waals surface area contributed by atoms with Gasteiger partial charge in [0.25, 0.3) is 0 Å². The lowest BCUT2D eigenvalue weighted by Gasteiger charge is -2.20. The largest absolute Gasteiger partial charge is 0.313 e. The third-order valence-electron chi connectivity index (χ3n) is 1.72. The van der Waals surface area contributed by atoms with E-state index in [4.69, 9.17) is 5.21 Å². The third kappa shape index (κ3) is 0.916. The van der Waals surface area contributed by atoms with Crippen LogP contribution in [0.25, 0.3) is 0 Å². The number of hydroxylamine groups is 2. The third-order valence-corrected chi connectivity index (χ3v) is 1.72. The molecule has 2 bridgehead atoms. The number of nitrogens with zero attached hydrogens (tertiary/aromatic N) is 1. The maximum Gasteiger partial charge on any atom is 0.0492 e. The van der Waals surface area contributed by atoms with Crippen LogP contribution in [0.3, 0.4) is 0 Å². The lowest BCUT2D eigenvalue weighted by atomic mass is 10.1. The lowest BCUT2D eigenvalue weighted by Crippen LogP contribution is -2.21. The van der Waals surface area contributed by atoms with E-state index in [1.165, 1.54) is 16.2 Å². The molecular formula is C8H9NO. The first-order chi connectivity index (χ1) is 4.84. The molecule has 0 amide bonds. The van der Waals surface area contributed by atoms with Crippen LogP contribution in [-0.2, 0) is 13.1 Å². The van der Waals surface area contributed by atoms with E-state index in [0.717, 1.165) is 0 Å². The zero-order valence-electron chi connectivity index (χ0n) is 5.62. The van der Waals surface area contributed by atoms with Crippen molar-refractivity contribution in [2.45, 2.75) is 13.1 Å². The monoisotopic (exact) mass is 135 g/mol. The predicted octanol–water partition coefficient (Wildman–Crippen LogP) is 1.39. The van der Waals surface area contributed by atoms with Gasteiger partial charge >= 0.3 is 0 Å². The fourth-order valence-electron chi connectivity index (χ4n) is 1.30. The molecule has 2 heteroatoms. The highest BCUT2D eigenvalue weighted by atomic mass is 16.5. The molecule has 2 nitrogen and oxygen atoms in total. The molecule has 1 heterocycles. The molecule has 0 atom stereocenters. The second kappa shape index (κ2) is 2.08. The highest BCUT2D eigenvalue weighted by molar-refractivity contribution is 5.25. The normalized spacial score (nSPS) is 17.3. The van der Waals surface area contributed by atoms with E-state index in [1.54, 1.807) is 0 Å². The molecule has 0 aliphatic carbocycles. The molecule has 0 saturated carbocycles. The van der Waals surface area contributed by atoms with Gasteiger partial charge in [0.15, 0.2) is 0 Å². The van der Waals surface area contributed by atoms with E-state index < -0.39 is 0 Å². The lowest BCUT2D eigenvalue weighted by molar-refractivity contribution is -0.111. The molecule has 1 aliphatic rings. The van der Waals surface area contributed by atoms with E-state index >= 15 is 0 Å². The van der Waals surface area contributed by atoms with Gasteiger partial charge < -0.3 is 5.21 Å². The van der Waals surface area contributed by atoms with E-state index in [2.05, 4.69) is 6.07 Å². The second-order valence-corrected chi connectivity index (χ2v) is 2.64. The summed E-state index contributed by atoms with van der Waals surface area (Å²) >= 11 is 0. The first-order valence-electron chi connectivity index (χ1n) is 3.36. The van der Waals surface area contributed by atoms with Crippen molar-refractivity contribution in [2.75, 3.05) is 0 Å². The van der Waals surface area contributed by atoms with Crippen molar-refractivity contribution in [1.82, 2.24) is 5.06 Å². The van der Waals surface area contributed by atoms with Crippen LogP contribution in [0, 0.1) is 0 Å². The molecule has 0 unspecified atom stereocenters. The van der Waals surface area contributed by atoms with Gasteiger partial charge in [-0.1, -0.05) is 24.3 Å². The Hall–Kier alpha value is -0.860. The van der Waals surface area contributed by atoms with Crippen molar-refractivity contribution >= 4 is 0 Å². The highest BCUT2D eigenvalue weighted by Crippen LogP contribution is 2.15. The van der Waals surface area contributed by atoms with Gasteiger partial charge in [-0.15, -0.1) is 0 Å². The molecule has 2 rings (SSSR count). The first-order valence-corrected chi connectivity index (χ1v) is 3.36. The molecule has 1 aliphatic heterocycles. The number of hydrogen-bond donors (Lipinski definition) is 1. The van der Waals surface area contributed by atoms with Crippen LogP contribution in [-0.4, -0.2) is 10.3 Å². The summed E-state index contributed by atoms with van der Waals surface area (Å²) in [7, 11) is 0. The highest BCUT2D eigenvalue weighted by Gasteiger charge is 2.09. The van der Waals surface area contributed by atoms with Crippen molar-refractivity contribution in [3.8, 4) is 0 Å². The molecule has 1 N–H and O–H groups in total. The van der Waals surface area contributed by atoms with E-state index in [0.29, 0.717) is 13.1 Å². The molecule has 10 heavy (non-hydrogen) atoms. The quantitative estimate of drug-likeness (QED) is 0.581. The van der Waals surface area contributed by atoms with Gasteiger partial charge in [-0.3, -0.25) is 0 Å². The summed E-state index contributed by atoms with van der Waals surface area (Å²) < 4.78 is 0. The fraction of sp³-hybridized carbons (Fsp3) is 0.250. The molecule has 0 fully saturated rings. The van der Waals surface area contributed by atoms with Crippen LogP contribution in [0.4, 0.5) is 0 Å². The number of rotatable bonds is 0. The first kappa shape index (κ1) is 5.89. The zero-order valence-corrected chi connectivity index (χ0v) is 5.62. The molecule has 0 spiro atoms. The number of fused-ring (bicyclic) bond motifs is 2. The number of hydrogen-bond acceptors (Lipinski definition) is 2. The molecule has 0 radical (unpaired) electrons. The van der Waals surface area contributed by atoms with Crippen molar-refractivity contribution < 1.29 is 5.21 Å². The Morgan fingerprint density at radius 1 is 1.20 bits per heavy atom. The SMILES string of the molecule is ON1Cc2cccc(c2)C1. The van der Waals surface area contributed by atoms with Crippen molar-refractivity contribution in [3.05, 3.63) is 35.4 Å². The zero-order chi connectivity index (χ0) is 6.97. The van der Waals surface area contributed by atoms with E-state index in [-0.39, 0.29) is 0 Å². The van der Waals surface area contributed by atoms with Gasteiger partial charge in [0.05, 0.1) is 0 Å². The summed E-state index contributed by atoms with van der Waals surface area (Å²) in [6, 6.07) is 8.18. The van der Waals surface area contributed by atoms with Crippen LogP contribution < -0.4 is 0 Å². The van der Waals surface area contributed by atoms with E-state index in [9.17, 15) is 0 Å². The molecule has 1 aromatic rings. The Morgan fingerprint density at radius 2 is 1.80 bits per heavy atom. The van der Waals surface area contributed by atoms with Crippen molar-refractivity contribution in [2.24, 2.45) is 0 Å². The summed E-state index contributed by atoms with van der Waals surface area (Å²) in [4.78, 5) is 0. The van der Waals surface area contributed by atoms with Crippen LogP contribution in [0.2, 0.25) is 0 Å². The molecule has 52 valence electrons.